The van der Waals surface area contributed by atoms with Gasteiger partial charge in [-0.05, 0) is 43.3 Å². The normalized spacial score (nSPS) is 10.4. The van der Waals surface area contributed by atoms with Crippen LogP contribution in [0.4, 0.5) is 0 Å². The summed E-state index contributed by atoms with van der Waals surface area (Å²) in [5, 5.41) is 3.11. The maximum Gasteiger partial charge on any atom is 0.167 e. The number of hydrogen-bond acceptors (Lipinski definition) is 3. The third-order valence-corrected chi connectivity index (χ3v) is 3.08. The number of carbonyl (C=O) groups excluding carboxylic acids is 1. The smallest absolute Gasteiger partial charge is 0.167 e. The minimum absolute atomic E-state index is 0.165. The van der Waals surface area contributed by atoms with Crippen LogP contribution in [0.25, 0.3) is 0 Å². The summed E-state index contributed by atoms with van der Waals surface area (Å²) in [5.74, 6) is 0.165. The molecule has 3 nitrogen and oxygen atoms in total. The molecular weight excluding hydrogens is 236 g/mol. The fourth-order valence-corrected chi connectivity index (χ4v) is 2.05. The van der Waals surface area contributed by atoms with Gasteiger partial charge in [-0.2, -0.15) is 0 Å². The van der Waals surface area contributed by atoms with E-state index in [-0.39, 0.29) is 5.78 Å². The molecule has 0 amide bonds. The number of likely N-dealkylation sites (N-methyl/N-ethyl adjacent to an activating group) is 1. The number of rotatable bonds is 6. The fraction of sp³-hybridized carbons (Fsp3) is 0.250. The molecule has 1 aromatic heterocycles. The van der Waals surface area contributed by atoms with Crippen LogP contribution in [0.3, 0.4) is 0 Å². The molecule has 0 unspecified atom stereocenters. The van der Waals surface area contributed by atoms with E-state index in [4.69, 9.17) is 0 Å². The quantitative estimate of drug-likeness (QED) is 0.804. The Morgan fingerprint density at radius 2 is 1.89 bits per heavy atom. The van der Waals surface area contributed by atoms with Crippen LogP contribution in [-0.4, -0.2) is 24.4 Å². The lowest BCUT2D eigenvalue weighted by Crippen LogP contribution is -2.14. The van der Waals surface area contributed by atoms with E-state index in [0.29, 0.717) is 6.42 Å². The van der Waals surface area contributed by atoms with Crippen molar-refractivity contribution >= 4 is 5.78 Å². The lowest BCUT2D eigenvalue weighted by atomic mass is 9.97. The summed E-state index contributed by atoms with van der Waals surface area (Å²) in [4.78, 5) is 16.3. The van der Waals surface area contributed by atoms with Crippen molar-refractivity contribution in [3.63, 3.8) is 0 Å². The van der Waals surface area contributed by atoms with E-state index >= 15 is 0 Å². The van der Waals surface area contributed by atoms with Crippen molar-refractivity contribution in [2.24, 2.45) is 0 Å². The number of ketones is 1. The molecule has 2 aromatic rings. The zero-order valence-electron chi connectivity index (χ0n) is 11.1. The van der Waals surface area contributed by atoms with Crippen molar-refractivity contribution in [1.82, 2.24) is 10.3 Å². The van der Waals surface area contributed by atoms with E-state index in [1.165, 1.54) is 0 Å². The summed E-state index contributed by atoms with van der Waals surface area (Å²) in [5.41, 5.74) is 2.94. The van der Waals surface area contributed by atoms with Crippen LogP contribution in [0.5, 0.6) is 0 Å². The highest BCUT2D eigenvalue weighted by molar-refractivity contribution is 5.98. The zero-order chi connectivity index (χ0) is 13.5. The molecule has 0 saturated heterocycles. The summed E-state index contributed by atoms with van der Waals surface area (Å²) in [6.07, 6.45) is 4.74. The largest absolute Gasteiger partial charge is 0.319 e. The van der Waals surface area contributed by atoms with Gasteiger partial charge in [0.15, 0.2) is 5.78 Å². The predicted octanol–water partition coefficient (Wildman–Crippen LogP) is 2.27. The van der Waals surface area contributed by atoms with Gasteiger partial charge in [0.2, 0.25) is 0 Å². The van der Waals surface area contributed by atoms with E-state index < -0.39 is 0 Å². The minimum Gasteiger partial charge on any atom is -0.319 e. The molecule has 0 spiro atoms. The molecule has 0 fully saturated rings. The molecule has 0 bridgehead atoms. The molecular formula is C16H18N2O. The van der Waals surface area contributed by atoms with Crippen LogP contribution < -0.4 is 5.32 Å². The number of benzene rings is 1. The van der Waals surface area contributed by atoms with Crippen molar-refractivity contribution in [3.8, 4) is 0 Å². The molecule has 3 heteroatoms. The van der Waals surface area contributed by atoms with Gasteiger partial charge >= 0.3 is 0 Å². The molecule has 98 valence electrons. The zero-order valence-corrected chi connectivity index (χ0v) is 11.1. The summed E-state index contributed by atoms with van der Waals surface area (Å²) in [6.45, 7) is 0.875. The summed E-state index contributed by atoms with van der Waals surface area (Å²) >= 11 is 0. The van der Waals surface area contributed by atoms with Gasteiger partial charge < -0.3 is 5.32 Å². The summed E-state index contributed by atoms with van der Waals surface area (Å²) in [6, 6.07) is 11.6. The first kappa shape index (κ1) is 13.4. The molecule has 0 aliphatic heterocycles. The average molecular weight is 254 g/mol. The molecule has 1 heterocycles. The average Bonchev–Trinajstić information content (AvgIpc) is 2.46. The van der Waals surface area contributed by atoms with Crippen LogP contribution in [0, 0.1) is 0 Å². The van der Waals surface area contributed by atoms with Gasteiger partial charge in [0, 0.05) is 24.4 Å². The molecule has 19 heavy (non-hydrogen) atoms. The first-order valence-electron chi connectivity index (χ1n) is 6.46. The van der Waals surface area contributed by atoms with E-state index in [9.17, 15) is 4.79 Å². The van der Waals surface area contributed by atoms with Crippen LogP contribution in [0.15, 0.2) is 48.8 Å². The molecule has 1 aromatic carbocycles. The molecule has 0 atom stereocenters. The van der Waals surface area contributed by atoms with Gasteiger partial charge in [-0.25, -0.2) is 0 Å². The highest BCUT2D eigenvalue weighted by Gasteiger charge is 2.11. The van der Waals surface area contributed by atoms with Crippen molar-refractivity contribution in [1.29, 1.82) is 0 Å². The Balaban J connectivity index is 2.14. The van der Waals surface area contributed by atoms with Crippen molar-refractivity contribution in [2.45, 2.75) is 12.8 Å². The molecule has 0 aliphatic carbocycles. The minimum atomic E-state index is 0.165. The van der Waals surface area contributed by atoms with Gasteiger partial charge in [0.05, 0.1) is 0 Å². The first-order chi connectivity index (χ1) is 9.31. The number of Topliss-reactive ketones (excluding diaryl/α,β-unsaturated/α-hetero) is 1. The first-order valence-corrected chi connectivity index (χ1v) is 6.46. The number of aromatic nitrogens is 1. The number of nitrogens with one attached hydrogen (secondary N) is 1. The van der Waals surface area contributed by atoms with Gasteiger partial charge in [0.25, 0.3) is 0 Å². The topological polar surface area (TPSA) is 42.0 Å². The second-order valence-corrected chi connectivity index (χ2v) is 4.47. The number of carbonyl (C=O) groups is 1. The number of pyridine rings is 1. The standard InChI is InChI=1S/C16H18N2O/c1-17-9-8-14-4-2-3-5-15(14)16(19)12-13-6-10-18-11-7-13/h2-7,10-11,17H,8-9,12H2,1H3. The Hall–Kier alpha value is -2.00. The summed E-state index contributed by atoms with van der Waals surface area (Å²) < 4.78 is 0. The molecule has 0 aliphatic rings. The molecule has 0 radical (unpaired) electrons. The lowest BCUT2D eigenvalue weighted by molar-refractivity contribution is 0.0992. The monoisotopic (exact) mass is 254 g/mol. The predicted molar refractivity (Wildman–Crippen MR) is 76.3 cm³/mol. The Morgan fingerprint density at radius 1 is 1.16 bits per heavy atom. The van der Waals surface area contributed by atoms with Gasteiger partial charge in [-0.3, -0.25) is 9.78 Å². The van der Waals surface area contributed by atoms with E-state index in [1.807, 2.05) is 43.4 Å². The van der Waals surface area contributed by atoms with Crippen LogP contribution >= 0.6 is 0 Å². The van der Waals surface area contributed by atoms with Gasteiger partial charge in [-0.15, -0.1) is 0 Å². The van der Waals surface area contributed by atoms with Gasteiger partial charge in [-0.1, -0.05) is 24.3 Å². The number of hydrogen-bond donors (Lipinski definition) is 1. The Morgan fingerprint density at radius 3 is 2.63 bits per heavy atom. The Kier molecular flexibility index (Phi) is 4.81. The third-order valence-electron chi connectivity index (χ3n) is 3.08. The fourth-order valence-electron chi connectivity index (χ4n) is 2.05. The molecule has 2 rings (SSSR count). The second-order valence-electron chi connectivity index (χ2n) is 4.47. The third kappa shape index (κ3) is 3.73. The van der Waals surface area contributed by atoms with E-state index in [0.717, 1.165) is 29.7 Å². The molecule has 0 saturated carbocycles. The molecule has 1 N–H and O–H groups in total. The van der Waals surface area contributed by atoms with Crippen molar-refractivity contribution < 1.29 is 4.79 Å². The van der Waals surface area contributed by atoms with Crippen molar-refractivity contribution in [2.75, 3.05) is 13.6 Å². The Labute approximate surface area is 113 Å². The highest BCUT2D eigenvalue weighted by Crippen LogP contribution is 2.13. The SMILES string of the molecule is CNCCc1ccccc1C(=O)Cc1ccncc1. The maximum atomic E-state index is 12.4. The van der Waals surface area contributed by atoms with Gasteiger partial charge in [0.1, 0.15) is 0 Å². The summed E-state index contributed by atoms with van der Waals surface area (Å²) in [7, 11) is 1.92. The number of nitrogens with zero attached hydrogens (tertiary/aromatic N) is 1. The van der Waals surface area contributed by atoms with Crippen molar-refractivity contribution in [3.05, 3.63) is 65.5 Å². The lowest BCUT2D eigenvalue weighted by Gasteiger charge is -2.08. The van der Waals surface area contributed by atoms with Crippen LogP contribution in [0.1, 0.15) is 21.5 Å². The van der Waals surface area contributed by atoms with Crippen LogP contribution in [0.2, 0.25) is 0 Å². The Bertz CT molecular complexity index is 537. The van der Waals surface area contributed by atoms with E-state index in [2.05, 4.69) is 10.3 Å². The van der Waals surface area contributed by atoms with E-state index in [1.54, 1.807) is 12.4 Å². The highest BCUT2D eigenvalue weighted by atomic mass is 16.1. The van der Waals surface area contributed by atoms with Crippen LogP contribution in [-0.2, 0) is 12.8 Å². The second kappa shape index (κ2) is 6.81. The maximum absolute atomic E-state index is 12.4.